The van der Waals surface area contributed by atoms with Crippen LogP contribution in [0.5, 0.6) is 5.75 Å². The first kappa shape index (κ1) is 17.9. The standard InChI is InChI=1S/C17H22O5/c1-5-11-19-12-20-17(18)13(2)14(3)21-15(4)22-16-9-7-6-8-10-16/h5-10,14-15H,1-2,11-12H2,3-4H3. The highest BCUT2D eigenvalue weighted by Gasteiger charge is 2.19. The zero-order chi connectivity index (χ0) is 16.4. The van der Waals surface area contributed by atoms with Gasteiger partial charge in [0, 0.05) is 0 Å². The van der Waals surface area contributed by atoms with Gasteiger partial charge in [-0.2, -0.15) is 0 Å². The van der Waals surface area contributed by atoms with E-state index in [2.05, 4.69) is 13.2 Å². The van der Waals surface area contributed by atoms with Gasteiger partial charge < -0.3 is 18.9 Å². The molecule has 0 saturated heterocycles. The number of hydrogen-bond acceptors (Lipinski definition) is 5. The molecule has 0 saturated carbocycles. The van der Waals surface area contributed by atoms with Crippen molar-refractivity contribution in [3.63, 3.8) is 0 Å². The fraction of sp³-hybridized carbons (Fsp3) is 0.353. The molecule has 0 aliphatic carbocycles. The summed E-state index contributed by atoms with van der Waals surface area (Å²) in [5, 5.41) is 0. The van der Waals surface area contributed by atoms with Gasteiger partial charge in [-0.05, 0) is 26.0 Å². The van der Waals surface area contributed by atoms with Crippen LogP contribution >= 0.6 is 0 Å². The van der Waals surface area contributed by atoms with Crippen molar-refractivity contribution in [2.24, 2.45) is 0 Å². The van der Waals surface area contributed by atoms with E-state index in [4.69, 9.17) is 18.9 Å². The van der Waals surface area contributed by atoms with Crippen LogP contribution in [-0.4, -0.2) is 31.8 Å². The van der Waals surface area contributed by atoms with Gasteiger partial charge in [0.1, 0.15) is 5.75 Å². The molecular weight excluding hydrogens is 284 g/mol. The van der Waals surface area contributed by atoms with E-state index in [1.807, 2.05) is 30.3 Å². The van der Waals surface area contributed by atoms with E-state index < -0.39 is 18.4 Å². The van der Waals surface area contributed by atoms with E-state index in [9.17, 15) is 4.79 Å². The van der Waals surface area contributed by atoms with Crippen molar-refractivity contribution < 1.29 is 23.7 Å². The molecule has 0 amide bonds. The van der Waals surface area contributed by atoms with Crippen LogP contribution in [0.25, 0.3) is 0 Å². The Hall–Kier alpha value is -2.11. The fourth-order valence-corrected chi connectivity index (χ4v) is 1.57. The van der Waals surface area contributed by atoms with Gasteiger partial charge in [-0.1, -0.05) is 30.9 Å². The second kappa shape index (κ2) is 9.76. The van der Waals surface area contributed by atoms with E-state index in [1.165, 1.54) is 0 Å². The molecule has 0 fully saturated rings. The molecule has 0 N–H and O–H groups in total. The number of ether oxygens (including phenoxy) is 4. The number of benzene rings is 1. The maximum Gasteiger partial charge on any atom is 0.338 e. The molecule has 0 heterocycles. The van der Waals surface area contributed by atoms with Crippen LogP contribution in [-0.2, 0) is 19.0 Å². The lowest BCUT2D eigenvalue weighted by Gasteiger charge is -2.21. The molecule has 0 spiro atoms. The van der Waals surface area contributed by atoms with Gasteiger partial charge in [-0.3, -0.25) is 0 Å². The number of carbonyl (C=O) groups is 1. The zero-order valence-electron chi connectivity index (χ0n) is 13.0. The normalized spacial score (nSPS) is 13.0. The van der Waals surface area contributed by atoms with E-state index in [-0.39, 0.29) is 12.4 Å². The molecule has 22 heavy (non-hydrogen) atoms. The minimum absolute atomic E-state index is 0.146. The van der Waals surface area contributed by atoms with E-state index in [0.717, 1.165) is 0 Å². The molecule has 0 aromatic heterocycles. The van der Waals surface area contributed by atoms with Gasteiger partial charge in [0.25, 0.3) is 0 Å². The molecule has 1 aromatic rings. The largest absolute Gasteiger partial charge is 0.465 e. The molecule has 2 unspecified atom stereocenters. The van der Waals surface area contributed by atoms with Crippen LogP contribution in [0.2, 0.25) is 0 Å². The summed E-state index contributed by atoms with van der Waals surface area (Å²) in [5.74, 6) is 0.122. The SMILES string of the molecule is C=CCOCOC(=O)C(=C)C(C)OC(C)Oc1ccccc1. The number of hydrogen-bond donors (Lipinski definition) is 0. The lowest BCUT2D eigenvalue weighted by molar-refractivity contribution is -0.154. The zero-order valence-corrected chi connectivity index (χ0v) is 13.0. The molecule has 0 radical (unpaired) electrons. The lowest BCUT2D eigenvalue weighted by Crippen LogP contribution is -2.27. The fourth-order valence-electron chi connectivity index (χ4n) is 1.57. The Morgan fingerprint density at radius 3 is 2.59 bits per heavy atom. The van der Waals surface area contributed by atoms with Crippen molar-refractivity contribution in [3.05, 3.63) is 55.1 Å². The highest BCUT2D eigenvalue weighted by molar-refractivity contribution is 5.88. The number of rotatable bonds is 10. The molecule has 0 aliphatic rings. The van der Waals surface area contributed by atoms with Crippen molar-refractivity contribution in [1.82, 2.24) is 0 Å². The first-order chi connectivity index (χ1) is 10.5. The molecule has 1 rings (SSSR count). The molecule has 120 valence electrons. The second-order valence-corrected chi connectivity index (χ2v) is 4.51. The van der Waals surface area contributed by atoms with Gasteiger partial charge in [-0.25, -0.2) is 4.79 Å². The van der Waals surface area contributed by atoms with Gasteiger partial charge >= 0.3 is 5.97 Å². The molecule has 2 atom stereocenters. The predicted octanol–water partition coefficient (Wildman–Crippen LogP) is 3.08. The number of esters is 1. The summed E-state index contributed by atoms with van der Waals surface area (Å²) in [6, 6.07) is 9.28. The van der Waals surface area contributed by atoms with E-state index >= 15 is 0 Å². The summed E-state index contributed by atoms with van der Waals surface area (Å²) >= 11 is 0. The summed E-state index contributed by atoms with van der Waals surface area (Å²) < 4.78 is 21.0. The summed E-state index contributed by atoms with van der Waals surface area (Å²) in [5.41, 5.74) is 0.200. The Kier molecular flexibility index (Phi) is 7.96. The lowest BCUT2D eigenvalue weighted by atomic mass is 10.2. The highest BCUT2D eigenvalue weighted by atomic mass is 16.7. The van der Waals surface area contributed by atoms with Crippen LogP contribution in [0.4, 0.5) is 0 Å². The van der Waals surface area contributed by atoms with Crippen molar-refractivity contribution in [1.29, 1.82) is 0 Å². The summed E-state index contributed by atoms with van der Waals surface area (Å²) in [7, 11) is 0. The van der Waals surface area contributed by atoms with Gasteiger partial charge in [-0.15, -0.1) is 6.58 Å². The Balaban J connectivity index is 2.36. The molecule has 0 bridgehead atoms. The third-order valence-electron chi connectivity index (χ3n) is 2.70. The average Bonchev–Trinajstić information content (AvgIpc) is 2.51. The second-order valence-electron chi connectivity index (χ2n) is 4.51. The van der Waals surface area contributed by atoms with Crippen LogP contribution in [0.15, 0.2) is 55.1 Å². The van der Waals surface area contributed by atoms with E-state index in [0.29, 0.717) is 12.4 Å². The molecular formula is C17H22O5. The van der Waals surface area contributed by atoms with Crippen LogP contribution < -0.4 is 4.74 Å². The summed E-state index contributed by atoms with van der Waals surface area (Å²) in [6.45, 7) is 10.8. The Morgan fingerprint density at radius 1 is 1.27 bits per heavy atom. The number of carbonyl (C=O) groups excluding carboxylic acids is 1. The Morgan fingerprint density at radius 2 is 1.95 bits per heavy atom. The smallest absolute Gasteiger partial charge is 0.338 e. The first-order valence-electron chi connectivity index (χ1n) is 6.96. The van der Waals surface area contributed by atoms with Crippen molar-refractivity contribution in [3.8, 4) is 5.75 Å². The molecule has 1 aromatic carbocycles. The molecule has 5 nitrogen and oxygen atoms in total. The van der Waals surface area contributed by atoms with Gasteiger partial charge in [0.15, 0.2) is 13.1 Å². The first-order valence-corrected chi connectivity index (χ1v) is 6.96. The maximum atomic E-state index is 11.7. The minimum atomic E-state index is -0.566. The minimum Gasteiger partial charge on any atom is -0.465 e. The number of para-hydroxylation sites is 1. The third kappa shape index (κ3) is 6.56. The van der Waals surface area contributed by atoms with Crippen LogP contribution in [0.3, 0.4) is 0 Å². The van der Waals surface area contributed by atoms with Crippen molar-refractivity contribution >= 4 is 5.97 Å². The van der Waals surface area contributed by atoms with Crippen molar-refractivity contribution in [2.75, 3.05) is 13.4 Å². The average molecular weight is 306 g/mol. The Bertz CT molecular complexity index is 483. The van der Waals surface area contributed by atoms with Crippen LogP contribution in [0, 0.1) is 0 Å². The molecule has 5 heteroatoms. The summed E-state index contributed by atoms with van der Waals surface area (Å²) in [6.07, 6.45) is 0.501. The highest BCUT2D eigenvalue weighted by Crippen LogP contribution is 2.14. The topological polar surface area (TPSA) is 54.0 Å². The quantitative estimate of drug-likeness (QED) is 0.219. The monoisotopic (exact) mass is 306 g/mol. The summed E-state index contributed by atoms with van der Waals surface area (Å²) in [4.78, 5) is 11.7. The van der Waals surface area contributed by atoms with Gasteiger partial charge in [0.2, 0.25) is 0 Å². The maximum absolute atomic E-state index is 11.7. The van der Waals surface area contributed by atoms with Crippen LogP contribution in [0.1, 0.15) is 13.8 Å². The van der Waals surface area contributed by atoms with E-state index in [1.54, 1.807) is 19.9 Å². The van der Waals surface area contributed by atoms with Crippen molar-refractivity contribution in [2.45, 2.75) is 26.2 Å². The third-order valence-corrected chi connectivity index (χ3v) is 2.70. The molecule has 0 aliphatic heterocycles. The predicted molar refractivity (Wildman–Crippen MR) is 83.3 cm³/mol. The Labute approximate surface area is 131 Å². The van der Waals surface area contributed by atoms with Gasteiger partial charge in [0.05, 0.1) is 18.3 Å².